The molecule has 0 radical (unpaired) electrons. The molecule has 0 aliphatic carbocycles. The zero-order valence-corrected chi connectivity index (χ0v) is 21.2. The van der Waals surface area contributed by atoms with Crippen molar-refractivity contribution < 1.29 is 22.7 Å². The molecule has 1 fully saturated rings. The third-order valence-corrected chi connectivity index (χ3v) is 8.83. The fourth-order valence-electron chi connectivity index (χ4n) is 3.62. The highest BCUT2D eigenvalue weighted by Crippen LogP contribution is 2.40. The lowest BCUT2D eigenvalue weighted by Gasteiger charge is -2.22. The largest absolute Gasteiger partial charge is 0.459 e. The molecule has 12 heteroatoms. The van der Waals surface area contributed by atoms with Crippen LogP contribution in [0.3, 0.4) is 0 Å². The number of aryl methyl sites for hydroxylation is 1. The molecule has 2 aromatic carbocycles. The van der Waals surface area contributed by atoms with E-state index in [-0.39, 0.29) is 29.8 Å². The first-order valence-corrected chi connectivity index (χ1v) is 13.4. The van der Waals surface area contributed by atoms with Crippen molar-refractivity contribution in [3.05, 3.63) is 88.5 Å². The Hall–Kier alpha value is -3.48. The van der Waals surface area contributed by atoms with Gasteiger partial charge in [0.1, 0.15) is 17.8 Å². The molecule has 1 saturated heterocycles. The summed E-state index contributed by atoms with van der Waals surface area (Å²) in [7, 11) is -3.97. The number of ether oxygens (including phenoxy) is 1. The Morgan fingerprint density at radius 2 is 1.81 bits per heavy atom. The lowest BCUT2D eigenvalue weighted by molar-refractivity contribution is -0.114. The van der Waals surface area contributed by atoms with E-state index in [4.69, 9.17) is 4.74 Å². The number of anilines is 1. The summed E-state index contributed by atoms with van der Waals surface area (Å²) in [5, 5.41) is 1.04. The fraction of sp³-hybridized carbons (Fsp3) is 0.250. The van der Waals surface area contributed by atoms with Crippen molar-refractivity contribution >= 4 is 39.5 Å². The minimum absolute atomic E-state index is 0.0461. The molecule has 1 aliphatic heterocycles. The minimum atomic E-state index is -3.97. The van der Waals surface area contributed by atoms with E-state index >= 15 is 0 Å². The summed E-state index contributed by atoms with van der Waals surface area (Å²) in [6, 6.07) is 16.3. The third kappa shape index (κ3) is 5.66. The molecular weight excluding hydrogens is 504 g/mol. The second-order valence-electron chi connectivity index (χ2n) is 8.08. The number of hydrogen-bond acceptors (Lipinski definition) is 8. The van der Waals surface area contributed by atoms with Crippen LogP contribution in [0.5, 0.6) is 0 Å². The fourth-order valence-corrected chi connectivity index (χ4v) is 6.94. The Labute approximate surface area is 212 Å². The molecule has 10 nitrogen and oxygen atoms in total. The molecule has 1 N–H and O–H groups in total. The van der Waals surface area contributed by atoms with Gasteiger partial charge >= 0.3 is 11.7 Å². The van der Waals surface area contributed by atoms with Gasteiger partial charge in [0, 0.05) is 19.7 Å². The molecule has 0 unspecified atom stereocenters. The molecule has 188 valence electrons. The van der Waals surface area contributed by atoms with Gasteiger partial charge in [-0.25, -0.2) is 18.0 Å². The maximum atomic E-state index is 13.5. The molecule has 2 heterocycles. The first kappa shape index (κ1) is 25.6. The topological polar surface area (TPSA) is 128 Å². The number of carbonyl (C=O) groups is 2. The van der Waals surface area contributed by atoms with Crippen LogP contribution in [0.25, 0.3) is 0 Å². The van der Waals surface area contributed by atoms with E-state index < -0.39 is 32.4 Å². The van der Waals surface area contributed by atoms with Gasteiger partial charge in [0.2, 0.25) is 15.9 Å². The van der Waals surface area contributed by atoms with E-state index in [9.17, 15) is 22.8 Å². The number of nitrogens with one attached hydrogen (secondary N) is 1. The Morgan fingerprint density at radius 3 is 2.44 bits per heavy atom. The first-order valence-electron chi connectivity index (χ1n) is 11.0. The number of rotatable bonds is 7. The molecular formula is C24H24N4O6S2. The number of amides is 1. The highest BCUT2D eigenvalue weighted by molar-refractivity contribution is 8.01. The zero-order chi connectivity index (χ0) is 25.9. The van der Waals surface area contributed by atoms with Gasteiger partial charge < -0.3 is 10.1 Å². The highest BCUT2D eigenvalue weighted by Gasteiger charge is 2.42. The summed E-state index contributed by atoms with van der Waals surface area (Å²) < 4.78 is 35.0. The first-order chi connectivity index (χ1) is 17.1. The number of aromatic nitrogens is 2. The molecule has 2 atom stereocenters. The summed E-state index contributed by atoms with van der Waals surface area (Å²) in [5.74, 6) is -0.847. The average molecular weight is 529 g/mol. The van der Waals surface area contributed by atoms with Gasteiger partial charge in [-0.05, 0) is 37.3 Å². The summed E-state index contributed by atoms with van der Waals surface area (Å²) in [5.41, 5.74) is 0.611. The monoisotopic (exact) mass is 528 g/mol. The van der Waals surface area contributed by atoms with Crippen molar-refractivity contribution in [2.45, 2.75) is 29.5 Å². The molecule has 1 aromatic heterocycles. The zero-order valence-electron chi connectivity index (χ0n) is 19.5. The van der Waals surface area contributed by atoms with Crippen LogP contribution >= 0.6 is 11.8 Å². The minimum Gasteiger partial charge on any atom is -0.459 e. The van der Waals surface area contributed by atoms with Crippen molar-refractivity contribution in [3.8, 4) is 0 Å². The van der Waals surface area contributed by atoms with E-state index in [0.29, 0.717) is 5.56 Å². The molecule has 4 rings (SSSR count). The molecule has 0 saturated carbocycles. The second-order valence-corrected chi connectivity index (χ2v) is 11.3. The van der Waals surface area contributed by atoms with Gasteiger partial charge in [-0.1, -0.05) is 35.9 Å². The van der Waals surface area contributed by atoms with Crippen LogP contribution in [-0.4, -0.2) is 52.7 Å². The molecule has 1 amide bonds. The Bertz CT molecular complexity index is 1420. The molecule has 36 heavy (non-hydrogen) atoms. The van der Waals surface area contributed by atoms with Crippen LogP contribution in [0.4, 0.5) is 5.82 Å². The van der Waals surface area contributed by atoms with Crippen LogP contribution in [0.1, 0.15) is 28.2 Å². The number of carbonyl (C=O) groups excluding carboxylic acids is 2. The van der Waals surface area contributed by atoms with Crippen molar-refractivity contribution in [2.24, 2.45) is 0 Å². The quantitative estimate of drug-likeness (QED) is 0.464. The van der Waals surface area contributed by atoms with Crippen LogP contribution in [-0.2, 0) is 19.6 Å². The van der Waals surface area contributed by atoms with Crippen LogP contribution in [0.2, 0.25) is 0 Å². The standard InChI is InChI=1S/C24H24N4O6S2/c1-16-8-10-19(11-9-16)36(32,33)28-14-21(27-13-12-20(25-17(2)29)26-24(27)31)35-22(28)15-34-23(30)18-6-4-3-5-7-18/h3-13,21-22H,14-15H2,1-2H3,(H,25,26,29,31)/t21-,22-/m1/s1. The highest BCUT2D eigenvalue weighted by atomic mass is 32.2. The Kier molecular flexibility index (Phi) is 7.57. The van der Waals surface area contributed by atoms with Gasteiger partial charge in [-0.2, -0.15) is 9.29 Å². The van der Waals surface area contributed by atoms with Crippen LogP contribution in [0.15, 0.2) is 76.6 Å². The number of sulfonamides is 1. The second kappa shape index (κ2) is 10.6. The van der Waals surface area contributed by atoms with Crippen molar-refractivity contribution in [1.29, 1.82) is 0 Å². The van der Waals surface area contributed by atoms with Gasteiger partial charge in [-0.3, -0.25) is 9.36 Å². The van der Waals surface area contributed by atoms with Crippen LogP contribution < -0.4 is 11.0 Å². The predicted octanol–water partition coefficient (Wildman–Crippen LogP) is 2.63. The van der Waals surface area contributed by atoms with Gasteiger partial charge in [-0.15, -0.1) is 11.8 Å². The van der Waals surface area contributed by atoms with E-state index in [1.54, 1.807) is 42.5 Å². The number of esters is 1. The van der Waals surface area contributed by atoms with E-state index in [1.807, 2.05) is 6.92 Å². The Balaban J connectivity index is 1.61. The SMILES string of the molecule is CC(=O)Nc1ccn([C@H]2CN(S(=O)(=O)c3ccc(C)cc3)[C@@H](COC(=O)c3ccccc3)S2)c(=O)n1. The maximum absolute atomic E-state index is 13.5. The van der Waals surface area contributed by atoms with E-state index in [0.717, 1.165) is 5.56 Å². The molecule has 3 aromatic rings. The normalized spacial score (nSPS) is 18.1. The third-order valence-electron chi connectivity index (χ3n) is 5.41. The summed E-state index contributed by atoms with van der Waals surface area (Å²) in [6.45, 7) is 2.89. The molecule has 0 spiro atoms. The van der Waals surface area contributed by atoms with E-state index in [1.165, 1.54) is 52.0 Å². The van der Waals surface area contributed by atoms with Gasteiger partial charge in [0.05, 0.1) is 15.8 Å². The summed E-state index contributed by atoms with van der Waals surface area (Å²) in [6.07, 6.45) is 1.45. The number of thioether (sulfide) groups is 1. The number of nitrogens with zero attached hydrogens (tertiary/aromatic N) is 3. The summed E-state index contributed by atoms with van der Waals surface area (Å²) in [4.78, 5) is 40.4. The lowest BCUT2D eigenvalue weighted by atomic mass is 10.2. The van der Waals surface area contributed by atoms with E-state index in [2.05, 4.69) is 10.3 Å². The average Bonchev–Trinajstić information content (AvgIpc) is 3.28. The Morgan fingerprint density at radius 1 is 1.11 bits per heavy atom. The molecule has 0 bridgehead atoms. The smallest absolute Gasteiger partial charge is 0.350 e. The van der Waals surface area contributed by atoms with Crippen molar-refractivity contribution in [3.63, 3.8) is 0 Å². The summed E-state index contributed by atoms with van der Waals surface area (Å²) >= 11 is 1.17. The van der Waals surface area contributed by atoms with Crippen LogP contribution in [0, 0.1) is 6.92 Å². The number of hydrogen-bond donors (Lipinski definition) is 1. The van der Waals surface area contributed by atoms with Gasteiger partial charge in [0.15, 0.2) is 0 Å². The van der Waals surface area contributed by atoms with Gasteiger partial charge in [0.25, 0.3) is 0 Å². The lowest BCUT2D eigenvalue weighted by Crippen LogP contribution is -2.38. The van der Waals surface area contributed by atoms with Crippen molar-refractivity contribution in [2.75, 3.05) is 18.5 Å². The maximum Gasteiger partial charge on any atom is 0.350 e. The molecule has 1 aliphatic rings. The predicted molar refractivity (Wildman–Crippen MR) is 135 cm³/mol. The van der Waals surface area contributed by atoms with Crippen molar-refractivity contribution in [1.82, 2.24) is 13.9 Å². The number of benzene rings is 2.